The maximum atomic E-state index is 6.40. The Kier molecular flexibility index (Phi) is 5.43. The van der Waals surface area contributed by atoms with E-state index in [-0.39, 0.29) is 24.2 Å². The van der Waals surface area contributed by atoms with Crippen LogP contribution in [0.1, 0.15) is 37.6 Å². The Morgan fingerprint density at radius 3 is 2.78 bits per heavy atom. The average molecular weight is 385 g/mol. The highest BCUT2D eigenvalue weighted by molar-refractivity contribution is 7.98. The minimum absolute atomic E-state index is 0.0530. The first-order valence-electron chi connectivity index (χ1n) is 9.26. The second kappa shape index (κ2) is 7.96. The van der Waals surface area contributed by atoms with Crippen molar-refractivity contribution in [1.82, 2.24) is 19.6 Å². The number of hydrogen-bond donors (Lipinski definition) is 0. The molecule has 142 valence electrons. The molecular formula is C20H24N4O2S. The summed E-state index contributed by atoms with van der Waals surface area (Å²) in [5.41, 5.74) is 2.84. The van der Waals surface area contributed by atoms with Gasteiger partial charge < -0.3 is 9.47 Å². The highest BCUT2D eigenvalue weighted by Crippen LogP contribution is 2.41. The van der Waals surface area contributed by atoms with E-state index in [2.05, 4.69) is 41.0 Å². The van der Waals surface area contributed by atoms with Gasteiger partial charge in [0, 0.05) is 5.92 Å². The van der Waals surface area contributed by atoms with E-state index in [4.69, 9.17) is 9.47 Å². The molecule has 0 amide bonds. The lowest BCUT2D eigenvalue weighted by Gasteiger charge is -2.21. The van der Waals surface area contributed by atoms with Crippen LogP contribution in [0.3, 0.4) is 0 Å². The van der Waals surface area contributed by atoms with E-state index in [1.807, 2.05) is 35.2 Å². The van der Waals surface area contributed by atoms with Gasteiger partial charge in [0.1, 0.15) is 17.5 Å². The summed E-state index contributed by atoms with van der Waals surface area (Å²) < 4.78 is 14.6. The zero-order valence-electron chi connectivity index (χ0n) is 15.8. The Morgan fingerprint density at radius 1 is 1.22 bits per heavy atom. The van der Waals surface area contributed by atoms with Crippen molar-refractivity contribution in [3.05, 3.63) is 54.1 Å². The molecule has 3 aromatic rings. The van der Waals surface area contributed by atoms with Gasteiger partial charge in [0.05, 0.1) is 30.7 Å². The van der Waals surface area contributed by atoms with Crippen molar-refractivity contribution < 1.29 is 9.47 Å². The maximum Gasteiger partial charge on any atom is 0.186 e. The predicted octanol–water partition coefficient (Wildman–Crippen LogP) is 3.92. The molecule has 7 heteroatoms. The summed E-state index contributed by atoms with van der Waals surface area (Å²) >= 11 is 1.56. The van der Waals surface area contributed by atoms with Crippen LogP contribution >= 0.6 is 11.8 Å². The number of ether oxygens (including phenoxy) is 2. The molecule has 2 aromatic heterocycles. The van der Waals surface area contributed by atoms with Crippen LogP contribution in [-0.2, 0) is 16.1 Å². The van der Waals surface area contributed by atoms with Crippen LogP contribution in [0.15, 0.2) is 47.9 Å². The first-order chi connectivity index (χ1) is 13.2. The SMILES string of the molecule is CC[C@H]1O[C@@H](c2cnc3c(SC)ncnn23)[C@H](OCc2ccccc2)[C@@H]1C. The van der Waals surface area contributed by atoms with E-state index in [0.29, 0.717) is 6.61 Å². The Labute approximate surface area is 163 Å². The van der Waals surface area contributed by atoms with Crippen molar-refractivity contribution in [3.63, 3.8) is 0 Å². The van der Waals surface area contributed by atoms with E-state index < -0.39 is 0 Å². The molecule has 0 saturated carbocycles. The number of hydrogen-bond acceptors (Lipinski definition) is 6. The maximum absolute atomic E-state index is 6.40. The Morgan fingerprint density at radius 2 is 2.04 bits per heavy atom. The van der Waals surface area contributed by atoms with Gasteiger partial charge in [0.25, 0.3) is 0 Å². The van der Waals surface area contributed by atoms with Crippen LogP contribution in [0.4, 0.5) is 0 Å². The molecule has 0 bridgehead atoms. The first-order valence-corrected chi connectivity index (χ1v) is 10.5. The fraction of sp³-hybridized carbons (Fsp3) is 0.450. The number of imidazole rings is 1. The second-order valence-electron chi connectivity index (χ2n) is 6.81. The second-order valence-corrected chi connectivity index (χ2v) is 7.61. The van der Waals surface area contributed by atoms with E-state index >= 15 is 0 Å². The molecular weight excluding hydrogens is 360 g/mol. The summed E-state index contributed by atoms with van der Waals surface area (Å²) in [6.45, 7) is 4.92. The summed E-state index contributed by atoms with van der Waals surface area (Å²) in [5, 5.41) is 5.27. The molecule has 1 aromatic carbocycles. The quantitative estimate of drug-likeness (QED) is 0.601. The van der Waals surface area contributed by atoms with Crippen LogP contribution in [0.2, 0.25) is 0 Å². The van der Waals surface area contributed by atoms with Gasteiger partial charge in [0.2, 0.25) is 0 Å². The summed E-state index contributed by atoms with van der Waals surface area (Å²) in [6, 6.07) is 10.2. The molecule has 0 N–H and O–H groups in total. The van der Waals surface area contributed by atoms with Gasteiger partial charge in [-0.25, -0.2) is 14.5 Å². The number of aromatic nitrogens is 4. The number of benzene rings is 1. The first kappa shape index (κ1) is 18.4. The van der Waals surface area contributed by atoms with E-state index in [1.165, 1.54) is 0 Å². The van der Waals surface area contributed by atoms with Gasteiger partial charge in [-0.1, -0.05) is 44.2 Å². The summed E-state index contributed by atoms with van der Waals surface area (Å²) in [5.74, 6) is 0.288. The van der Waals surface area contributed by atoms with E-state index in [1.54, 1.807) is 18.1 Å². The molecule has 1 aliphatic rings. The van der Waals surface area contributed by atoms with Crippen LogP contribution in [0.5, 0.6) is 0 Å². The molecule has 1 aliphatic heterocycles. The molecule has 1 fully saturated rings. The third kappa shape index (κ3) is 3.47. The highest BCUT2D eigenvalue weighted by Gasteiger charge is 2.44. The number of fused-ring (bicyclic) bond motifs is 1. The van der Waals surface area contributed by atoms with Gasteiger partial charge in [-0.3, -0.25) is 0 Å². The van der Waals surface area contributed by atoms with Crippen molar-refractivity contribution in [2.45, 2.75) is 50.2 Å². The van der Waals surface area contributed by atoms with Crippen LogP contribution in [-0.4, -0.2) is 38.0 Å². The lowest BCUT2D eigenvalue weighted by molar-refractivity contribution is -0.0362. The predicted molar refractivity (Wildman–Crippen MR) is 105 cm³/mol. The molecule has 6 nitrogen and oxygen atoms in total. The molecule has 0 aliphatic carbocycles. The zero-order chi connectivity index (χ0) is 18.8. The third-order valence-corrected chi connectivity index (χ3v) is 5.87. The molecule has 0 unspecified atom stereocenters. The van der Waals surface area contributed by atoms with E-state index in [9.17, 15) is 0 Å². The summed E-state index contributed by atoms with van der Waals surface area (Å²) in [4.78, 5) is 8.85. The topological polar surface area (TPSA) is 61.5 Å². The summed E-state index contributed by atoms with van der Waals surface area (Å²) in [7, 11) is 0. The largest absolute Gasteiger partial charge is 0.370 e. The molecule has 4 rings (SSSR count). The van der Waals surface area contributed by atoms with Crippen molar-refractivity contribution in [1.29, 1.82) is 0 Å². The van der Waals surface area contributed by atoms with Gasteiger partial charge >= 0.3 is 0 Å². The standard InChI is InChI=1S/C20H24N4O2S/c1-4-16-13(2)17(25-11-14-8-6-5-7-9-14)18(26-16)15-10-21-19-20(27-3)22-12-23-24(15)19/h5-10,12-13,16-18H,4,11H2,1-3H3/t13-,16-,17-,18+/m1/s1. The van der Waals surface area contributed by atoms with Crippen LogP contribution in [0, 0.1) is 5.92 Å². The lowest BCUT2D eigenvalue weighted by Crippen LogP contribution is -2.26. The number of thioether (sulfide) groups is 1. The van der Waals surface area contributed by atoms with E-state index in [0.717, 1.165) is 28.4 Å². The number of nitrogens with zero attached hydrogens (tertiary/aromatic N) is 4. The van der Waals surface area contributed by atoms with Crippen molar-refractivity contribution >= 4 is 17.4 Å². The average Bonchev–Trinajstić information content (AvgIpc) is 3.27. The van der Waals surface area contributed by atoms with Gasteiger partial charge in [0.15, 0.2) is 5.65 Å². The molecule has 0 radical (unpaired) electrons. The monoisotopic (exact) mass is 384 g/mol. The molecule has 1 saturated heterocycles. The smallest absolute Gasteiger partial charge is 0.186 e. The highest BCUT2D eigenvalue weighted by atomic mass is 32.2. The minimum Gasteiger partial charge on any atom is -0.370 e. The van der Waals surface area contributed by atoms with Gasteiger partial charge in [-0.2, -0.15) is 5.10 Å². The van der Waals surface area contributed by atoms with Gasteiger partial charge in [-0.05, 0) is 18.2 Å². The molecule has 3 heterocycles. The Balaban J connectivity index is 1.65. The lowest BCUT2D eigenvalue weighted by atomic mass is 9.95. The fourth-order valence-electron chi connectivity index (χ4n) is 3.74. The minimum atomic E-state index is -0.201. The Bertz CT molecular complexity index is 901. The van der Waals surface area contributed by atoms with Crippen molar-refractivity contribution in [3.8, 4) is 0 Å². The fourth-order valence-corrected chi connectivity index (χ4v) is 4.21. The van der Waals surface area contributed by atoms with Crippen LogP contribution in [0.25, 0.3) is 5.65 Å². The molecule has 0 spiro atoms. The van der Waals surface area contributed by atoms with Crippen LogP contribution < -0.4 is 0 Å². The zero-order valence-corrected chi connectivity index (χ0v) is 16.6. The van der Waals surface area contributed by atoms with Crippen molar-refractivity contribution in [2.75, 3.05) is 6.26 Å². The summed E-state index contributed by atoms with van der Waals surface area (Å²) in [6.07, 6.45) is 6.26. The molecule has 27 heavy (non-hydrogen) atoms. The Hall–Kier alpha value is -1.96. The number of rotatable bonds is 6. The third-order valence-electron chi connectivity index (χ3n) is 5.19. The van der Waals surface area contributed by atoms with Crippen molar-refractivity contribution in [2.24, 2.45) is 5.92 Å². The van der Waals surface area contributed by atoms with Gasteiger partial charge in [-0.15, -0.1) is 11.8 Å². The molecule has 4 atom stereocenters. The normalized spacial score (nSPS) is 25.3.